The fourth-order valence-corrected chi connectivity index (χ4v) is 3.39. The highest BCUT2D eigenvalue weighted by Gasteiger charge is 2.27. The number of amides is 2. The lowest BCUT2D eigenvalue weighted by molar-refractivity contribution is -0.142. The summed E-state index contributed by atoms with van der Waals surface area (Å²) in [7, 11) is 1.60. The first kappa shape index (κ1) is 25.2. The standard InChI is InChI=1S/C26H36N2O4/c1-8-19(4)27-26(30)21(6)28(15-22-10-9-11-23(14-22)31-7)25(29)16-32-24-13-17(2)12-18(3)20(24)5/h9-14,19,21H,8,15-16H2,1-7H3,(H,27,30)/t19-,21+/m0/s1. The Morgan fingerprint density at radius 3 is 2.47 bits per heavy atom. The molecule has 0 unspecified atom stereocenters. The van der Waals surface area contributed by atoms with Crippen LogP contribution in [-0.2, 0) is 16.1 Å². The van der Waals surface area contributed by atoms with Gasteiger partial charge in [0, 0.05) is 12.6 Å². The molecule has 0 aliphatic heterocycles. The molecule has 6 nitrogen and oxygen atoms in total. The Balaban J connectivity index is 2.23. The molecule has 1 N–H and O–H groups in total. The van der Waals surface area contributed by atoms with Crippen LogP contribution in [0.3, 0.4) is 0 Å². The summed E-state index contributed by atoms with van der Waals surface area (Å²) in [6.45, 7) is 11.8. The minimum Gasteiger partial charge on any atom is -0.497 e. The second-order valence-corrected chi connectivity index (χ2v) is 8.36. The first-order chi connectivity index (χ1) is 15.2. The van der Waals surface area contributed by atoms with Crippen LogP contribution in [0.2, 0.25) is 0 Å². The second-order valence-electron chi connectivity index (χ2n) is 8.36. The van der Waals surface area contributed by atoms with Crippen molar-refractivity contribution < 1.29 is 19.1 Å². The van der Waals surface area contributed by atoms with Crippen molar-refractivity contribution in [3.8, 4) is 11.5 Å². The van der Waals surface area contributed by atoms with E-state index in [9.17, 15) is 9.59 Å². The van der Waals surface area contributed by atoms with Crippen LogP contribution < -0.4 is 14.8 Å². The summed E-state index contributed by atoms with van der Waals surface area (Å²) < 4.78 is 11.2. The van der Waals surface area contributed by atoms with E-state index in [1.54, 1.807) is 18.9 Å². The van der Waals surface area contributed by atoms with Gasteiger partial charge in [-0.3, -0.25) is 9.59 Å². The molecule has 0 heterocycles. The molecule has 2 amide bonds. The lowest BCUT2D eigenvalue weighted by Gasteiger charge is -2.30. The summed E-state index contributed by atoms with van der Waals surface area (Å²) in [6, 6.07) is 10.9. The average Bonchev–Trinajstić information content (AvgIpc) is 2.78. The van der Waals surface area contributed by atoms with E-state index in [4.69, 9.17) is 9.47 Å². The lowest BCUT2D eigenvalue weighted by Crippen LogP contribution is -2.50. The summed E-state index contributed by atoms with van der Waals surface area (Å²) >= 11 is 0. The van der Waals surface area contributed by atoms with E-state index >= 15 is 0 Å². The minimum atomic E-state index is -0.647. The molecule has 0 saturated carbocycles. The van der Waals surface area contributed by atoms with Gasteiger partial charge in [-0.25, -0.2) is 0 Å². The molecular weight excluding hydrogens is 404 g/mol. The van der Waals surface area contributed by atoms with Crippen LogP contribution in [0.4, 0.5) is 0 Å². The molecule has 0 spiro atoms. The fourth-order valence-electron chi connectivity index (χ4n) is 3.39. The molecular formula is C26H36N2O4. The monoisotopic (exact) mass is 440 g/mol. The molecule has 0 aromatic heterocycles. The number of methoxy groups -OCH3 is 1. The third-order valence-electron chi connectivity index (χ3n) is 5.77. The van der Waals surface area contributed by atoms with E-state index in [0.717, 1.165) is 28.7 Å². The number of carbonyl (C=O) groups is 2. The normalized spacial score (nSPS) is 12.6. The van der Waals surface area contributed by atoms with Gasteiger partial charge in [0.1, 0.15) is 17.5 Å². The quantitative estimate of drug-likeness (QED) is 0.597. The molecule has 0 bridgehead atoms. The molecule has 0 aliphatic rings. The zero-order valence-corrected chi connectivity index (χ0v) is 20.3. The zero-order valence-electron chi connectivity index (χ0n) is 20.3. The smallest absolute Gasteiger partial charge is 0.261 e. The average molecular weight is 441 g/mol. The Morgan fingerprint density at radius 1 is 1.09 bits per heavy atom. The molecule has 0 fully saturated rings. The van der Waals surface area contributed by atoms with Crippen molar-refractivity contribution in [2.45, 2.75) is 66.6 Å². The van der Waals surface area contributed by atoms with E-state index in [-0.39, 0.29) is 31.0 Å². The number of aryl methyl sites for hydroxylation is 2. The molecule has 0 aliphatic carbocycles. The highest BCUT2D eigenvalue weighted by atomic mass is 16.5. The van der Waals surface area contributed by atoms with Gasteiger partial charge in [-0.05, 0) is 81.5 Å². The Morgan fingerprint density at radius 2 is 1.81 bits per heavy atom. The van der Waals surface area contributed by atoms with Crippen molar-refractivity contribution in [2.24, 2.45) is 0 Å². The maximum absolute atomic E-state index is 13.2. The number of carbonyl (C=O) groups excluding carboxylic acids is 2. The van der Waals surface area contributed by atoms with Crippen LogP contribution in [0.1, 0.15) is 49.4 Å². The van der Waals surface area contributed by atoms with Gasteiger partial charge in [0.25, 0.3) is 5.91 Å². The van der Waals surface area contributed by atoms with E-state index in [2.05, 4.69) is 11.4 Å². The van der Waals surface area contributed by atoms with Crippen LogP contribution in [0.5, 0.6) is 11.5 Å². The molecule has 2 aromatic carbocycles. The van der Waals surface area contributed by atoms with E-state index in [1.165, 1.54) is 0 Å². The topological polar surface area (TPSA) is 67.9 Å². The zero-order chi connectivity index (χ0) is 23.8. The SMILES string of the molecule is CC[C@H](C)NC(=O)[C@@H](C)N(Cc1cccc(OC)c1)C(=O)COc1cc(C)cc(C)c1C. The number of nitrogens with one attached hydrogen (secondary N) is 1. The molecule has 2 aromatic rings. The Hall–Kier alpha value is -3.02. The van der Waals surface area contributed by atoms with Crippen LogP contribution in [-0.4, -0.2) is 42.5 Å². The van der Waals surface area contributed by atoms with Crippen molar-refractivity contribution in [3.63, 3.8) is 0 Å². The van der Waals surface area contributed by atoms with Crippen molar-refractivity contribution in [3.05, 3.63) is 58.7 Å². The second kappa shape index (κ2) is 11.6. The maximum atomic E-state index is 13.2. The van der Waals surface area contributed by atoms with Crippen LogP contribution in [0, 0.1) is 20.8 Å². The summed E-state index contributed by atoms with van der Waals surface area (Å²) in [5.74, 6) is 0.957. The maximum Gasteiger partial charge on any atom is 0.261 e. The molecule has 32 heavy (non-hydrogen) atoms. The fraction of sp³-hybridized carbons (Fsp3) is 0.462. The highest BCUT2D eigenvalue weighted by molar-refractivity contribution is 5.88. The summed E-state index contributed by atoms with van der Waals surface area (Å²) in [6.07, 6.45) is 0.817. The van der Waals surface area contributed by atoms with Gasteiger partial charge in [-0.2, -0.15) is 0 Å². The summed E-state index contributed by atoms with van der Waals surface area (Å²) in [4.78, 5) is 27.6. The van der Waals surface area contributed by atoms with Crippen molar-refractivity contribution in [1.29, 1.82) is 0 Å². The Bertz CT molecular complexity index is 941. The van der Waals surface area contributed by atoms with Gasteiger partial charge in [-0.1, -0.05) is 25.1 Å². The third kappa shape index (κ3) is 6.74. The van der Waals surface area contributed by atoms with Gasteiger partial charge < -0.3 is 19.7 Å². The van der Waals surface area contributed by atoms with Crippen LogP contribution >= 0.6 is 0 Å². The van der Waals surface area contributed by atoms with E-state index < -0.39 is 6.04 Å². The number of ether oxygens (including phenoxy) is 2. The van der Waals surface area contributed by atoms with E-state index in [1.807, 2.05) is 65.0 Å². The van der Waals surface area contributed by atoms with Crippen molar-refractivity contribution in [1.82, 2.24) is 10.2 Å². The first-order valence-corrected chi connectivity index (χ1v) is 11.1. The highest BCUT2D eigenvalue weighted by Crippen LogP contribution is 2.23. The predicted molar refractivity (Wildman–Crippen MR) is 127 cm³/mol. The molecule has 0 radical (unpaired) electrons. The Labute approximate surface area is 191 Å². The summed E-state index contributed by atoms with van der Waals surface area (Å²) in [5.41, 5.74) is 4.07. The van der Waals surface area contributed by atoms with Gasteiger partial charge in [0.2, 0.25) is 5.91 Å². The van der Waals surface area contributed by atoms with E-state index in [0.29, 0.717) is 11.5 Å². The lowest BCUT2D eigenvalue weighted by atomic mass is 10.1. The third-order valence-corrected chi connectivity index (χ3v) is 5.77. The molecule has 0 saturated heterocycles. The first-order valence-electron chi connectivity index (χ1n) is 11.1. The number of rotatable bonds is 10. The number of nitrogens with zero attached hydrogens (tertiary/aromatic N) is 1. The minimum absolute atomic E-state index is 0.0351. The number of hydrogen-bond donors (Lipinski definition) is 1. The van der Waals surface area contributed by atoms with Gasteiger partial charge in [0.15, 0.2) is 6.61 Å². The molecule has 174 valence electrons. The molecule has 2 rings (SSSR count). The Kier molecular flexibility index (Phi) is 9.12. The molecule has 2 atom stereocenters. The molecule has 6 heteroatoms. The van der Waals surface area contributed by atoms with Gasteiger partial charge >= 0.3 is 0 Å². The van der Waals surface area contributed by atoms with Crippen LogP contribution in [0.25, 0.3) is 0 Å². The van der Waals surface area contributed by atoms with Crippen molar-refractivity contribution in [2.75, 3.05) is 13.7 Å². The van der Waals surface area contributed by atoms with Crippen LogP contribution in [0.15, 0.2) is 36.4 Å². The number of benzene rings is 2. The van der Waals surface area contributed by atoms with Gasteiger partial charge in [0.05, 0.1) is 7.11 Å². The number of hydrogen-bond acceptors (Lipinski definition) is 4. The van der Waals surface area contributed by atoms with Crippen molar-refractivity contribution >= 4 is 11.8 Å². The largest absolute Gasteiger partial charge is 0.497 e. The van der Waals surface area contributed by atoms with Gasteiger partial charge in [-0.15, -0.1) is 0 Å². The predicted octanol–water partition coefficient (Wildman–Crippen LogP) is 4.33. The summed E-state index contributed by atoms with van der Waals surface area (Å²) in [5, 5.41) is 2.97.